The maximum absolute atomic E-state index is 12.4. The standard InChI is InChI=1S/C20H23N3O7/c1-27-14-5-6-15(24)13(7-14)10-22-23-18(25)11-21-20(26)12-8-16(28-2)19(30-4)17(9-12)29-3/h5-10,24H,11H2,1-4H3,(H,21,26)(H,23,25). The van der Waals surface area contributed by atoms with Crippen LogP contribution in [-0.4, -0.2) is 58.1 Å². The number of aromatic hydroxyl groups is 1. The van der Waals surface area contributed by atoms with E-state index in [0.717, 1.165) is 0 Å². The summed E-state index contributed by atoms with van der Waals surface area (Å²) in [5.41, 5.74) is 2.84. The van der Waals surface area contributed by atoms with Crippen molar-refractivity contribution in [2.24, 2.45) is 5.10 Å². The van der Waals surface area contributed by atoms with E-state index in [2.05, 4.69) is 15.8 Å². The average Bonchev–Trinajstić information content (AvgIpc) is 2.77. The third-order valence-electron chi connectivity index (χ3n) is 3.96. The fourth-order valence-electron chi connectivity index (χ4n) is 2.45. The fraction of sp³-hybridized carbons (Fsp3) is 0.250. The number of hydrazone groups is 1. The summed E-state index contributed by atoms with van der Waals surface area (Å²) in [4.78, 5) is 24.3. The Bertz CT molecular complexity index is 919. The number of phenols is 1. The van der Waals surface area contributed by atoms with Crippen molar-refractivity contribution in [1.29, 1.82) is 0 Å². The van der Waals surface area contributed by atoms with Gasteiger partial charge < -0.3 is 29.4 Å². The van der Waals surface area contributed by atoms with Gasteiger partial charge >= 0.3 is 0 Å². The molecule has 0 aliphatic rings. The lowest BCUT2D eigenvalue weighted by Crippen LogP contribution is -2.34. The Morgan fingerprint density at radius 1 is 1.00 bits per heavy atom. The molecule has 2 aromatic carbocycles. The molecule has 0 saturated heterocycles. The van der Waals surface area contributed by atoms with Crippen molar-refractivity contribution in [3.8, 4) is 28.7 Å². The molecule has 0 saturated carbocycles. The Balaban J connectivity index is 1.97. The first kappa shape index (κ1) is 22.3. The molecule has 10 nitrogen and oxygen atoms in total. The molecule has 0 aliphatic heterocycles. The highest BCUT2D eigenvalue weighted by atomic mass is 16.5. The predicted octanol–water partition coefficient (Wildman–Crippen LogP) is 1.31. The van der Waals surface area contributed by atoms with E-state index in [1.165, 1.54) is 52.9 Å². The van der Waals surface area contributed by atoms with Crippen LogP contribution in [0.2, 0.25) is 0 Å². The summed E-state index contributed by atoms with van der Waals surface area (Å²) in [6.45, 7) is -0.322. The van der Waals surface area contributed by atoms with Crippen molar-refractivity contribution >= 4 is 18.0 Å². The maximum atomic E-state index is 12.4. The molecule has 0 radical (unpaired) electrons. The van der Waals surface area contributed by atoms with Gasteiger partial charge in [0, 0.05) is 11.1 Å². The van der Waals surface area contributed by atoms with E-state index < -0.39 is 11.8 Å². The molecule has 2 aromatic rings. The zero-order chi connectivity index (χ0) is 22.1. The first-order valence-corrected chi connectivity index (χ1v) is 8.70. The van der Waals surface area contributed by atoms with Crippen LogP contribution >= 0.6 is 0 Å². The van der Waals surface area contributed by atoms with Crippen molar-refractivity contribution < 1.29 is 33.6 Å². The number of methoxy groups -OCH3 is 4. The topological polar surface area (TPSA) is 128 Å². The second kappa shape index (κ2) is 10.6. The van der Waals surface area contributed by atoms with E-state index >= 15 is 0 Å². The highest BCUT2D eigenvalue weighted by Gasteiger charge is 2.17. The van der Waals surface area contributed by atoms with Gasteiger partial charge in [0.25, 0.3) is 11.8 Å². The number of hydrogen-bond acceptors (Lipinski definition) is 8. The summed E-state index contributed by atoms with van der Waals surface area (Å²) >= 11 is 0. The van der Waals surface area contributed by atoms with Gasteiger partial charge in [-0.2, -0.15) is 5.10 Å². The third kappa shape index (κ3) is 5.53. The van der Waals surface area contributed by atoms with Crippen molar-refractivity contribution in [2.75, 3.05) is 35.0 Å². The van der Waals surface area contributed by atoms with Crippen LogP contribution < -0.4 is 29.7 Å². The predicted molar refractivity (Wildman–Crippen MR) is 109 cm³/mol. The van der Waals surface area contributed by atoms with Crippen LogP contribution in [0.15, 0.2) is 35.4 Å². The van der Waals surface area contributed by atoms with Gasteiger partial charge in [-0.25, -0.2) is 5.43 Å². The number of hydrogen-bond donors (Lipinski definition) is 3. The molecule has 0 aliphatic carbocycles. The lowest BCUT2D eigenvalue weighted by molar-refractivity contribution is -0.120. The summed E-state index contributed by atoms with van der Waals surface area (Å²) in [7, 11) is 5.82. The summed E-state index contributed by atoms with van der Waals surface area (Å²) < 4.78 is 20.7. The number of benzene rings is 2. The Kier molecular flexibility index (Phi) is 7.86. The molecule has 2 rings (SSSR count). The fourth-order valence-corrected chi connectivity index (χ4v) is 2.45. The number of amides is 2. The summed E-state index contributed by atoms with van der Waals surface area (Å²) in [5.74, 6) is 0.406. The molecular weight excluding hydrogens is 394 g/mol. The highest BCUT2D eigenvalue weighted by molar-refractivity contribution is 5.97. The van der Waals surface area contributed by atoms with Crippen LogP contribution in [-0.2, 0) is 4.79 Å². The molecule has 0 heterocycles. The van der Waals surface area contributed by atoms with Gasteiger partial charge in [-0.05, 0) is 30.3 Å². The van der Waals surface area contributed by atoms with Crippen LogP contribution in [0.5, 0.6) is 28.7 Å². The van der Waals surface area contributed by atoms with Gasteiger partial charge in [0.1, 0.15) is 11.5 Å². The van der Waals surface area contributed by atoms with Crippen LogP contribution in [0, 0.1) is 0 Å². The summed E-state index contributed by atoms with van der Waals surface area (Å²) in [6.07, 6.45) is 1.26. The highest BCUT2D eigenvalue weighted by Crippen LogP contribution is 2.38. The minimum absolute atomic E-state index is 0.0236. The number of carbonyl (C=O) groups excluding carboxylic acids is 2. The van der Waals surface area contributed by atoms with E-state index in [-0.39, 0.29) is 17.9 Å². The number of carbonyl (C=O) groups is 2. The van der Waals surface area contributed by atoms with Crippen LogP contribution in [0.25, 0.3) is 0 Å². The molecule has 0 atom stereocenters. The Morgan fingerprint density at radius 3 is 2.23 bits per heavy atom. The third-order valence-corrected chi connectivity index (χ3v) is 3.96. The normalized spacial score (nSPS) is 10.4. The van der Waals surface area contributed by atoms with Crippen LogP contribution in [0.1, 0.15) is 15.9 Å². The number of phenolic OH excluding ortho intramolecular Hbond substituents is 1. The van der Waals surface area contributed by atoms with Crippen molar-refractivity contribution in [2.45, 2.75) is 0 Å². The minimum atomic E-state index is -0.561. The van der Waals surface area contributed by atoms with Crippen LogP contribution in [0.4, 0.5) is 0 Å². The average molecular weight is 417 g/mol. The Hall–Kier alpha value is -3.95. The van der Waals surface area contributed by atoms with E-state index in [1.54, 1.807) is 12.1 Å². The molecule has 0 bridgehead atoms. The van der Waals surface area contributed by atoms with Crippen molar-refractivity contribution in [1.82, 2.24) is 10.7 Å². The molecule has 0 spiro atoms. The summed E-state index contributed by atoms with van der Waals surface area (Å²) in [6, 6.07) is 7.53. The minimum Gasteiger partial charge on any atom is -0.507 e. The zero-order valence-electron chi connectivity index (χ0n) is 17.0. The second-order valence-electron chi connectivity index (χ2n) is 5.81. The lowest BCUT2D eigenvalue weighted by Gasteiger charge is -2.14. The van der Waals surface area contributed by atoms with Crippen molar-refractivity contribution in [3.63, 3.8) is 0 Å². The number of nitrogens with one attached hydrogen (secondary N) is 2. The first-order valence-electron chi connectivity index (χ1n) is 8.70. The molecule has 0 aromatic heterocycles. The smallest absolute Gasteiger partial charge is 0.259 e. The maximum Gasteiger partial charge on any atom is 0.259 e. The van der Waals surface area contributed by atoms with E-state index in [9.17, 15) is 14.7 Å². The zero-order valence-corrected chi connectivity index (χ0v) is 17.0. The van der Waals surface area contributed by atoms with Gasteiger partial charge in [0.15, 0.2) is 11.5 Å². The van der Waals surface area contributed by atoms with Gasteiger partial charge in [0.2, 0.25) is 5.75 Å². The Morgan fingerprint density at radius 2 is 1.67 bits per heavy atom. The molecule has 0 fully saturated rings. The van der Waals surface area contributed by atoms with E-state index in [0.29, 0.717) is 28.6 Å². The first-order chi connectivity index (χ1) is 14.4. The number of rotatable bonds is 9. The van der Waals surface area contributed by atoms with Gasteiger partial charge in [-0.1, -0.05) is 0 Å². The monoisotopic (exact) mass is 417 g/mol. The lowest BCUT2D eigenvalue weighted by atomic mass is 10.1. The Labute approximate surface area is 173 Å². The van der Waals surface area contributed by atoms with Gasteiger partial charge in [-0.15, -0.1) is 0 Å². The largest absolute Gasteiger partial charge is 0.507 e. The molecule has 2 amide bonds. The number of nitrogens with zero attached hydrogens (tertiary/aromatic N) is 1. The molecule has 30 heavy (non-hydrogen) atoms. The number of ether oxygens (including phenoxy) is 4. The van der Waals surface area contributed by atoms with E-state index in [1.807, 2.05) is 0 Å². The molecule has 160 valence electrons. The quantitative estimate of drug-likeness (QED) is 0.415. The van der Waals surface area contributed by atoms with Gasteiger partial charge in [-0.3, -0.25) is 9.59 Å². The van der Waals surface area contributed by atoms with Gasteiger partial charge in [0.05, 0.1) is 41.2 Å². The van der Waals surface area contributed by atoms with E-state index in [4.69, 9.17) is 18.9 Å². The molecule has 0 unspecified atom stereocenters. The molecular formula is C20H23N3O7. The molecule has 3 N–H and O–H groups in total. The molecule has 10 heteroatoms. The van der Waals surface area contributed by atoms with Crippen molar-refractivity contribution in [3.05, 3.63) is 41.5 Å². The second-order valence-corrected chi connectivity index (χ2v) is 5.81. The van der Waals surface area contributed by atoms with Crippen LogP contribution in [0.3, 0.4) is 0 Å². The SMILES string of the molecule is COc1ccc(O)c(C=NNC(=O)CNC(=O)c2cc(OC)c(OC)c(OC)c2)c1. The summed E-state index contributed by atoms with van der Waals surface area (Å²) in [5, 5.41) is 16.0.